The van der Waals surface area contributed by atoms with Crippen molar-refractivity contribution >= 4 is 45.8 Å². The minimum Gasteiger partial charge on any atom is -0.550 e. The van der Waals surface area contributed by atoms with E-state index in [0.29, 0.717) is 34.9 Å². The van der Waals surface area contributed by atoms with E-state index in [1.54, 1.807) is 19.1 Å². The van der Waals surface area contributed by atoms with Gasteiger partial charge in [-0.1, -0.05) is 60.7 Å². The van der Waals surface area contributed by atoms with Crippen molar-refractivity contribution in [1.29, 1.82) is 0 Å². The van der Waals surface area contributed by atoms with Gasteiger partial charge in [-0.15, -0.1) is 0 Å². The van der Waals surface area contributed by atoms with Crippen LogP contribution in [0.5, 0.6) is 11.5 Å². The summed E-state index contributed by atoms with van der Waals surface area (Å²) >= 11 is 0. The number of carbonyl (C=O) groups excluding carboxylic acids is 3. The maximum Gasteiger partial charge on any atom is 1.00 e. The van der Waals surface area contributed by atoms with Gasteiger partial charge in [-0.3, -0.25) is 4.79 Å². The molecule has 1 aromatic heterocycles. The average molecular weight is 695 g/mol. The molecule has 0 aliphatic carbocycles. The number of hydrogen-bond acceptors (Lipinski definition) is 10. The number of allylic oxidation sites excluding steroid dienone is 1. The number of benzene rings is 4. The molecule has 0 saturated heterocycles. The number of carboxylic acids is 2. The third kappa shape index (κ3) is 8.96. The number of aliphatic hydroxyl groups is 1. The van der Waals surface area contributed by atoms with Crippen LogP contribution >= 0.6 is 0 Å². The van der Waals surface area contributed by atoms with E-state index in [9.17, 15) is 29.7 Å². The van der Waals surface area contributed by atoms with Crippen molar-refractivity contribution in [2.75, 3.05) is 6.79 Å². The van der Waals surface area contributed by atoms with Crippen molar-refractivity contribution in [2.45, 2.75) is 44.4 Å². The normalized spacial score (nSPS) is 14.4. The Morgan fingerprint density at radius 1 is 0.920 bits per heavy atom. The second kappa shape index (κ2) is 17.5. The smallest absolute Gasteiger partial charge is 0.550 e. The van der Waals surface area contributed by atoms with E-state index in [0.717, 1.165) is 21.9 Å². The van der Waals surface area contributed by atoms with E-state index < -0.39 is 48.2 Å². The second-order valence-corrected chi connectivity index (χ2v) is 11.7. The Kier molecular flexibility index (Phi) is 13.7. The van der Waals surface area contributed by atoms with Crippen molar-refractivity contribution in [3.63, 3.8) is 0 Å². The zero-order valence-electron chi connectivity index (χ0n) is 28.0. The number of fused-ring (bicyclic) bond motifs is 3. The summed E-state index contributed by atoms with van der Waals surface area (Å²) in [6, 6.07) is 25.5. The van der Waals surface area contributed by atoms with Gasteiger partial charge in [0.15, 0.2) is 17.1 Å². The van der Waals surface area contributed by atoms with Crippen LogP contribution in [-0.4, -0.2) is 51.8 Å². The van der Waals surface area contributed by atoms with Crippen LogP contribution in [0.1, 0.15) is 42.7 Å². The summed E-state index contributed by atoms with van der Waals surface area (Å²) in [5.74, 6) is -5.50. The van der Waals surface area contributed by atoms with Crippen molar-refractivity contribution in [3.05, 3.63) is 108 Å². The fourth-order valence-electron chi connectivity index (χ4n) is 6.05. The Morgan fingerprint density at radius 2 is 1.64 bits per heavy atom. The van der Waals surface area contributed by atoms with Gasteiger partial charge in [0.05, 0.1) is 0 Å². The first-order valence-corrected chi connectivity index (χ1v) is 15.5. The number of para-hydroxylation sites is 2. The molecule has 1 amide bonds. The molecule has 2 heterocycles. The molecule has 1 N–H and O–H groups in total. The molecule has 4 aromatic carbocycles. The van der Waals surface area contributed by atoms with Crippen molar-refractivity contribution in [3.8, 4) is 11.5 Å². The molecule has 13 heteroatoms. The van der Waals surface area contributed by atoms with Gasteiger partial charge in [-0.25, -0.2) is 4.98 Å². The van der Waals surface area contributed by atoms with Crippen LogP contribution < -0.4 is 78.8 Å². The van der Waals surface area contributed by atoms with Gasteiger partial charge in [0.1, 0.15) is 11.6 Å². The first kappa shape index (κ1) is 39.1. The molecule has 6 rings (SSSR count). The van der Waals surface area contributed by atoms with Crippen LogP contribution in [0.4, 0.5) is 0 Å². The van der Waals surface area contributed by atoms with Crippen molar-refractivity contribution < 1.29 is 103 Å². The molecule has 0 bridgehead atoms. The van der Waals surface area contributed by atoms with E-state index in [4.69, 9.17) is 13.9 Å². The van der Waals surface area contributed by atoms with E-state index in [2.05, 4.69) is 4.98 Å². The maximum atomic E-state index is 14.1. The largest absolute Gasteiger partial charge is 1.00 e. The maximum absolute atomic E-state index is 14.1. The van der Waals surface area contributed by atoms with Crippen LogP contribution in [-0.2, 0) is 20.9 Å². The molecule has 5 aromatic rings. The molecule has 0 saturated carbocycles. The first-order chi connectivity index (χ1) is 23.2. The molecule has 4 atom stereocenters. The molecule has 0 radical (unpaired) electrons. The molecular weight excluding hydrogens is 662 g/mol. The Morgan fingerprint density at radius 3 is 2.38 bits per heavy atom. The standard InChI is InChI=1S/C37H34N2O9.2Na/c1-22(27(26-15-16-31-32(18-26)47-21-46-31)9-6-12-33-38-29-10-4-5-11-30(29)48-33)39(36(43)35(42)28(37(44)45)19-34(40)41)20-23-13-14-24-7-2-3-8-25(24)17-23;;/h2-8,10-18,22,27-28,35,42H,9,19-21H2,1H3,(H,40,41)(H,44,45);;/q;2*+1/p-2/b12-6+;;. The van der Waals surface area contributed by atoms with Gasteiger partial charge >= 0.3 is 59.1 Å². The quantitative estimate of drug-likeness (QED) is 0.127. The summed E-state index contributed by atoms with van der Waals surface area (Å²) in [6.07, 6.45) is 0.671. The van der Waals surface area contributed by atoms with E-state index in [1.807, 2.05) is 84.9 Å². The number of nitrogens with zero attached hydrogens (tertiary/aromatic N) is 2. The van der Waals surface area contributed by atoms with Gasteiger partial charge in [0.2, 0.25) is 12.7 Å². The predicted molar refractivity (Wildman–Crippen MR) is 171 cm³/mol. The molecule has 11 nitrogen and oxygen atoms in total. The molecule has 246 valence electrons. The number of ether oxygens (including phenoxy) is 2. The summed E-state index contributed by atoms with van der Waals surface area (Å²) in [7, 11) is 0. The van der Waals surface area contributed by atoms with Crippen LogP contribution in [0, 0.1) is 5.92 Å². The number of amides is 1. The zero-order valence-corrected chi connectivity index (χ0v) is 32.0. The van der Waals surface area contributed by atoms with E-state index in [-0.39, 0.29) is 72.5 Å². The molecular formula is C37H32N2Na2O9. The Balaban J connectivity index is 0.00000281. The predicted octanol–water partition coefficient (Wildman–Crippen LogP) is -2.81. The summed E-state index contributed by atoms with van der Waals surface area (Å²) < 4.78 is 17.0. The monoisotopic (exact) mass is 694 g/mol. The minimum absolute atomic E-state index is 0. The van der Waals surface area contributed by atoms with Crippen LogP contribution in [0.2, 0.25) is 0 Å². The van der Waals surface area contributed by atoms with Crippen molar-refractivity contribution in [2.24, 2.45) is 5.92 Å². The van der Waals surface area contributed by atoms with Gasteiger partial charge < -0.3 is 43.7 Å². The first-order valence-electron chi connectivity index (χ1n) is 15.5. The molecule has 1 aliphatic heterocycles. The topological polar surface area (TPSA) is 165 Å². The third-order valence-electron chi connectivity index (χ3n) is 8.63. The molecule has 0 fully saturated rings. The minimum atomic E-state index is -2.21. The molecule has 1 aliphatic rings. The number of hydrogen-bond donors (Lipinski definition) is 1. The number of rotatable bonds is 13. The number of aliphatic hydroxyl groups excluding tert-OH is 1. The molecule has 4 unspecified atom stereocenters. The third-order valence-corrected chi connectivity index (χ3v) is 8.63. The number of aromatic nitrogens is 1. The fraction of sp³-hybridized carbons (Fsp3) is 0.243. The van der Waals surface area contributed by atoms with Crippen LogP contribution in [0.15, 0.2) is 95.4 Å². The SMILES string of the molecule is CC(C(C/C=C/c1nc2ccccc2o1)c1ccc2c(c1)OCO2)N(Cc1ccc2ccccc2c1)C(=O)C(O)C(CC(=O)[O-])C(=O)[O-].[Na+].[Na+]. The summed E-state index contributed by atoms with van der Waals surface area (Å²) in [5, 5.41) is 36.2. The molecule has 0 spiro atoms. The van der Waals surface area contributed by atoms with Gasteiger partial charge in [0, 0.05) is 36.4 Å². The Labute approximate surface area is 332 Å². The summed E-state index contributed by atoms with van der Waals surface area (Å²) in [5.41, 5.74) is 2.85. The van der Waals surface area contributed by atoms with E-state index >= 15 is 0 Å². The zero-order chi connectivity index (χ0) is 33.8. The average Bonchev–Trinajstić information content (AvgIpc) is 3.73. The number of carboxylic acid groups (broad SMARTS) is 2. The van der Waals surface area contributed by atoms with Crippen LogP contribution in [0.3, 0.4) is 0 Å². The summed E-state index contributed by atoms with van der Waals surface area (Å²) in [4.78, 5) is 43.2. The second-order valence-electron chi connectivity index (χ2n) is 11.7. The molecule has 50 heavy (non-hydrogen) atoms. The number of oxazole rings is 1. The fourth-order valence-corrected chi connectivity index (χ4v) is 6.05. The Bertz CT molecular complexity index is 1980. The van der Waals surface area contributed by atoms with Gasteiger partial charge in [-0.05, 0) is 78.1 Å². The van der Waals surface area contributed by atoms with Crippen LogP contribution in [0.25, 0.3) is 27.9 Å². The van der Waals surface area contributed by atoms with Gasteiger partial charge in [-0.2, -0.15) is 0 Å². The number of aliphatic carboxylic acids is 2. The Hall–Kier alpha value is -3.68. The number of carbonyl (C=O) groups is 3. The van der Waals surface area contributed by atoms with Crippen molar-refractivity contribution in [1.82, 2.24) is 9.88 Å². The van der Waals surface area contributed by atoms with E-state index in [1.165, 1.54) is 4.90 Å². The van der Waals surface area contributed by atoms with Gasteiger partial charge in [0.25, 0.3) is 5.91 Å². The summed E-state index contributed by atoms with van der Waals surface area (Å²) in [6.45, 7) is 1.85.